The van der Waals surface area contributed by atoms with Crippen molar-refractivity contribution >= 4 is 16.7 Å². The molecule has 4 aromatic rings. The van der Waals surface area contributed by atoms with E-state index in [4.69, 9.17) is 0 Å². The molecule has 0 fully saturated rings. The monoisotopic (exact) mass is 315 g/mol. The highest BCUT2D eigenvalue weighted by Crippen LogP contribution is 2.24. The highest BCUT2D eigenvalue weighted by atomic mass is 15.3. The third kappa shape index (κ3) is 2.72. The Bertz CT molecular complexity index is 940. The molecule has 0 aliphatic rings. The van der Waals surface area contributed by atoms with Crippen LogP contribution >= 0.6 is 0 Å². The molecule has 5 nitrogen and oxygen atoms in total. The molecular formula is C19H17N5. The molecule has 0 aliphatic heterocycles. The number of hydrogen-bond donors (Lipinski definition) is 1. The number of benzene rings is 2. The van der Waals surface area contributed by atoms with Gasteiger partial charge in [0.2, 0.25) is 0 Å². The van der Waals surface area contributed by atoms with E-state index < -0.39 is 0 Å². The van der Waals surface area contributed by atoms with Crippen LogP contribution in [0.4, 0.5) is 5.82 Å². The lowest BCUT2D eigenvalue weighted by Crippen LogP contribution is -2.09. The second kappa shape index (κ2) is 6.12. The highest BCUT2D eigenvalue weighted by Gasteiger charge is 2.09. The summed E-state index contributed by atoms with van der Waals surface area (Å²) in [6.07, 6.45) is 5.31. The molecule has 24 heavy (non-hydrogen) atoms. The SMILES string of the molecule is CC(Nc1ncnc2ccccc12)c1ccc(-n2cccn2)cc1. The van der Waals surface area contributed by atoms with Crippen molar-refractivity contribution in [1.29, 1.82) is 0 Å². The molecule has 4 rings (SSSR count). The lowest BCUT2D eigenvalue weighted by molar-refractivity contribution is 0.859. The lowest BCUT2D eigenvalue weighted by Gasteiger charge is -2.16. The Labute approximate surface area is 140 Å². The summed E-state index contributed by atoms with van der Waals surface area (Å²) in [5.41, 5.74) is 3.17. The predicted octanol–water partition coefficient (Wildman–Crippen LogP) is 3.99. The molecule has 0 spiro atoms. The first-order valence-electron chi connectivity index (χ1n) is 7.87. The molecule has 1 N–H and O–H groups in total. The summed E-state index contributed by atoms with van der Waals surface area (Å²) >= 11 is 0. The fourth-order valence-electron chi connectivity index (χ4n) is 2.75. The third-order valence-corrected chi connectivity index (χ3v) is 4.06. The van der Waals surface area contributed by atoms with E-state index >= 15 is 0 Å². The van der Waals surface area contributed by atoms with Gasteiger partial charge in [0, 0.05) is 23.8 Å². The van der Waals surface area contributed by atoms with E-state index in [1.165, 1.54) is 5.56 Å². The summed E-state index contributed by atoms with van der Waals surface area (Å²) < 4.78 is 1.85. The van der Waals surface area contributed by atoms with Crippen LogP contribution in [0.25, 0.3) is 16.6 Å². The minimum atomic E-state index is 0.134. The van der Waals surface area contributed by atoms with Crippen molar-refractivity contribution in [1.82, 2.24) is 19.7 Å². The van der Waals surface area contributed by atoms with Gasteiger partial charge in [-0.2, -0.15) is 5.10 Å². The van der Waals surface area contributed by atoms with Gasteiger partial charge in [0.1, 0.15) is 12.1 Å². The van der Waals surface area contributed by atoms with Crippen molar-refractivity contribution in [2.75, 3.05) is 5.32 Å². The molecule has 2 heterocycles. The van der Waals surface area contributed by atoms with Gasteiger partial charge in [-0.15, -0.1) is 0 Å². The van der Waals surface area contributed by atoms with Crippen molar-refractivity contribution in [3.63, 3.8) is 0 Å². The zero-order valence-corrected chi connectivity index (χ0v) is 13.3. The van der Waals surface area contributed by atoms with Gasteiger partial charge in [-0.05, 0) is 42.8 Å². The van der Waals surface area contributed by atoms with Gasteiger partial charge in [-0.25, -0.2) is 14.6 Å². The van der Waals surface area contributed by atoms with Crippen LogP contribution in [-0.4, -0.2) is 19.7 Å². The Morgan fingerprint density at radius 2 is 1.79 bits per heavy atom. The van der Waals surface area contributed by atoms with Crippen LogP contribution in [0, 0.1) is 0 Å². The van der Waals surface area contributed by atoms with Crippen LogP contribution in [0.15, 0.2) is 73.3 Å². The van der Waals surface area contributed by atoms with Crippen LogP contribution < -0.4 is 5.32 Å². The van der Waals surface area contributed by atoms with Crippen LogP contribution in [-0.2, 0) is 0 Å². The van der Waals surface area contributed by atoms with E-state index in [1.54, 1.807) is 12.5 Å². The van der Waals surface area contributed by atoms with Crippen LogP contribution in [0.3, 0.4) is 0 Å². The molecule has 0 amide bonds. The van der Waals surface area contributed by atoms with Gasteiger partial charge in [-0.1, -0.05) is 24.3 Å². The summed E-state index contributed by atoms with van der Waals surface area (Å²) in [5.74, 6) is 0.851. The zero-order valence-electron chi connectivity index (χ0n) is 13.3. The maximum Gasteiger partial charge on any atom is 0.137 e. The van der Waals surface area contributed by atoms with Crippen LogP contribution in [0.2, 0.25) is 0 Å². The molecule has 0 saturated carbocycles. The van der Waals surface area contributed by atoms with Crippen LogP contribution in [0.5, 0.6) is 0 Å². The number of rotatable bonds is 4. The fourth-order valence-corrected chi connectivity index (χ4v) is 2.75. The van der Waals surface area contributed by atoms with E-state index in [9.17, 15) is 0 Å². The highest BCUT2D eigenvalue weighted by molar-refractivity contribution is 5.88. The summed E-state index contributed by atoms with van der Waals surface area (Å²) in [5, 5.41) is 8.76. The van der Waals surface area contributed by atoms with Crippen molar-refractivity contribution in [3.05, 3.63) is 78.9 Å². The third-order valence-electron chi connectivity index (χ3n) is 4.06. The molecule has 1 atom stereocenters. The molecule has 0 aliphatic carbocycles. The molecule has 5 heteroatoms. The molecule has 1 unspecified atom stereocenters. The van der Waals surface area contributed by atoms with Crippen LogP contribution in [0.1, 0.15) is 18.5 Å². The smallest absolute Gasteiger partial charge is 0.137 e. The molecule has 2 aromatic carbocycles. The summed E-state index contributed by atoms with van der Waals surface area (Å²) in [6, 6.07) is 18.4. The van der Waals surface area contributed by atoms with Gasteiger partial charge in [0.15, 0.2) is 0 Å². The first-order chi connectivity index (χ1) is 11.8. The number of para-hydroxylation sites is 1. The van der Waals surface area contributed by atoms with E-state index in [2.05, 4.69) is 51.6 Å². The number of anilines is 1. The second-order valence-electron chi connectivity index (χ2n) is 5.65. The second-order valence-corrected chi connectivity index (χ2v) is 5.65. The summed E-state index contributed by atoms with van der Waals surface area (Å²) in [7, 11) is 0. The topological polar surface area (TPSA) is 55.6 Å². The number of aromatic nitrogens is 4. The van der Waals surface area contributed by atoms with E-state index in [1.807, 2.05) is 41.2 Å². The van der Waals surface area contributed by atoms with Gasteiger partial charge in [-0.3, -0.25) is 0 Å². The molecule has 2 aromatic heterocycles. The quantitative estimate of drug-likeness (QED) is 0.619. The number of nitrogens with zero attached hydrogens (tertiary/aromatic N) is 4. The molecule has 0 saturated heterocycles. The summed E-state index contributed by atoms with van der Waals surface area (Å²) in [6.45, 7) is 2.12. The Balaban J connectivity index is 1.58. The average Bonchev–Trinajstić information content (AvgIpc) is 3.17. The number of fused-ring (bicyclic) bond motifs is 1. The normalized spacial score (nSPS) is 12.2. The first kappa shape index (κ1) is 14.4. The Morgan fingerprint density at radius 3 is 2.58 bits per heavy atom. The summed E-state index contributed by atoms with van der Waals surface area (Å²) in [4.78, 5) is 8.70. The van der Waals surface area contributed by atoms with Crippen molar-refractivity contribution in [2.45, 2.75) is 13.0 Å². The zero-order chi connectivity index (χ0) is 16.4. The van der Waals surface area contributed by atoms with Gasteiger partial charge in [0.25, 0.3) is 0 Å². The minimum Gasteiger partial charge on any atom is -0.363 e. The molecule has 118 valence electrons. The molecule has 0 radical (unpaired) electrons. The first-order valence-corrected chi connectivity index (χ1v) is 7.87. The Hall–Kier alpha value is -3.21. The van der Waals surface area contributed by atoms with E-state index in [-0.39, 0.29) is 6.04 Å². The Kier molecular flexibility index (Phi) is 3.67. The minimum absolute atomic E-state index is 0.134. The maximum absolute atomic E-state index is 4.39. The average molecular weight is 315 g/mol. The Morgan fingerprint density at radius 1 is 0.958 bits per heavy atom. The molecular weight excluding hydrogens is 298 g/mol. The van der Waals surface area contributed by atoms with Gasteiger partial charge < -0.3 is 5.32 Å². The van der Waals surface area contributed by atoms with Gasteiger partial charge in [0.05, 0.1) is 11.2 Å². The predicted molar refractivity (Wildman–Crippen MR) is 95.1 cm³/mol. The van der Waals surface area contributed by atoms with Crippen molar-refractivity contribution in [3.8, 4) is 5.69 Å². The molecule has 0 bridgehead atoms. The van der Waals surface area contributed by atoms with E-state index in [0.29, 0.717) is 0 Å². The number of hydrogen-bond acceptors (Lipinski definition) is 4. The van der Waals surface area contributed by atoms with E-state index in [0.717, 1.165) is 22.4 Å². The maximum atomic E-state index is 4.39. The number of nitrogens with one attached hydrogen (secondary N) is 1. The standard InChI is InChI=1S/C19H17N5/c1-14(15-7-9-16(10-8-15)24-12-4-11-22-24)23-19-17-5-2-3-6-18(17)20-13-21-19/h2-14H,1H3,(H,20,21,23). The van der Waals surface area contributed by atoms with Crippen molar-refractivity contribution < 1.29 is 0 Å². The largest absolute Gasteiger partial charge is 0.363 e. The fraction of sp³-hybridized carbons (Fsp3) is 0.105. The van der Waals surface area contributed by atoms with Crippen molar-refractivity contribution in [2.24, 2.45) is 0 Å². The van der Waals surface area contributed by atoms with Gasteiger partial charge >= 0.3 is 0 Å². The lowest BCUT2D eigenvalue weighted by atomic mass is 10.1.